The van der Waals surface area contributed by atoms with Crippen LogP contribution in [0.3, 0.4) is 0 Å². The van der Waals surface area contributed by atoms with Crippen LogP contribution in [-0.2, 0) is 25.6 Å². The van der Waals surface area contributed by atoms with Crippen LogP contribution in [0.4, 0.5) is 0 Å². The van der Waals surface area contributed by atoms with E-state index in [1.807, 2.05) is 26.0 Å². The molecule has 0 aromatic heterocycles. The van der Waals surface area contributed by atoms with Crippen LogP contribution < -0.4 is 10.6 Å². The first kappa shape index (κ1) is 26.1. The van der Waals surface area contributed by atoms with Gasteiger partial charge in [-0.2, -0.15) is 0 Å². The second-order valence-electron chi connectivity index (χ2n) is 8.18. The van der Waals surface area contributed by atoms with Gasteiger partial charge in [0.25, 0.3) is 0 Å². The highest BCUT2D eigenvalue weighted by Crippen LogP contribution is 2.29. The van der Waals surface area contributed by atoms with E-state index < -0.39 is 35.1 Å². The number of carboxylic acid groups (broad SMARTS) is 1. The van der Waals surface area contributed by atoms with E-state index in [0.717, 1.165) is 17.3 Å². The number of carbonyl (C=O) groups excluding carboxylic acids is 3. The third kappa shape index (κ3) is 8.73. The summed E-state index contributed by atoms with van der Waals surface area (Å²) in [6.45, 7) is 5.20. The second kappa shape index (κ2) is 12.8. The monoisotopic (exact) mass is 470 g/mol. The molecule has 1 unspecified atom stereocenters. The van der Waals surface area contributed by atoms with Crippen molar-refractivity contribution >= 4 is 34.7 Å². The van der Waals surface area contributed by atoms with Gasteiger partial charge in [0, 0.05) is 13.3 Å². The predicted molar refractivity (Wildman–Crippen MR) is 129 cm³/mol. The van der Waals surface area contributed by atoms with Crippen molar-refractivity contribution in [1.82, 2.24) is 10.6 Å². The Labute approximate surface area is 198 Å². The third-order valence-corrected chi connectivity index (χ3v) is 5.92. The molecule has 3 N–H and O–H groups in total. The highest BCUT2D eigenvalue weighted by atomic mass is 32.2. The molecule has 2 amide bonds. The predicted octanol–water partition coefficient (Wildman–Crippen LogP) is 3.35. The molecule has 3 atom stereocenters. The fourth-order valence-electron chi connectivity index (χ4n) is 3.34. The normalized spacial score (nSPS) is 13.6. The topological polar surface area (TPSA) is 113 Å². The SMILES string of the molecule is CC(=O)SC(C(=O)N[C@@H](CC(C)C)C(=O)N[C@@H](Cc1ccccc1)C(=O)O)c1ccccc1. The van der Waals surface area contributed by atoms with Crippen LogP contribution in [0, 0.1) is 5.92 Å². The smallest absolute Gasteiger partial charge is 0.326 e. The number of aliphatic carboxylic acids is 1. The van der Waals surface area contributed by atoms with Crippen molar-refractivity contribution in [2.75, 3.05) is 0 Å². The van der Waals surface area contributed by atoms with E-state index in [0.29, 0.717) is 12.0 Å². The molecule has 0 radical (unpaired) electrons. The van der Waals surface area contributed by atoms with Crippen molar-refractivity contribution in [2.45, 2.75) is 50.9 Å². The summed E-state index contributed by atoms with van der Waals surface area (Å²) >= 11 is 0.877. The Hall–Kier alpha value is -3.13. The van der Waals surface area contributed by atoms with Crippen molar-refractivity contribution in [3.05, 3.63) is 71.8 Å². The quantitative estimate of drug-likeness (QED) is 0.464. The summed E-state index contributed by atoms with van der Waals surface area (Å²) in [7, 11) is 0. The number of hydrogen-bond donors (Lipinski definition) is 3. The number of rotatable bonds is 11. The number of amides is 2. The lowest BCUT2D eigenvalue weighted by molar-refractivity contribution is -0.142. The Kier molecular flexibility index (Phi) is 10.1. The first-order chi connectivity index (χ1) is 15.7. The van der Waals surface area contributed by atoms with E-state index in [9.17, 15) is 24.3 Å². The average Bonchev–Trinajstić information content (AvgIpc) is 2.77. The molecule has 0 bridgehead atoms. The largest absolute Gasteiger partial charge is 0.480 e. The van der Waals surface area contributed by atoms with Gasteiger partial charge >= 0.3 is 5.97 Å². The van der Waals surface area contributed by atoms with Gasteiger partial charge in [-0.3, -0.25) is 14.4 Å². The second-order valence-corrected chi connectivity index (χ2v) is 9.46. The van der Waals surface area contributed by atoms with Crippen molar-refractivity contribution in [2.24, 2.45) is 5.92 Å². The molecule has 0 saturated carbocycles. The van der Waals surface area contributed by atoms with Crippen molar-refractivity contribution in [3.63, 3.8) is 0 Å². The lowest BCUT2D eigenvalue weighted by Crippen LogP contribution is -2.53. The van der Waals surface area contributed by atoms with Crippen LogP contribution >= 0.6 is 11.8 Å². The molecule has 0 saturated heterocycles. The minimum Gasteiger partial charge on any atom is -0.480 e. The maximum absolute atomic E-state index is 13.1. The zero-order valence-electron chi connectivity index (χ0n) is 19.0. The molecule has 176 valence electrons. The Morgan fingerprint density at radius 2 is 1.39 bits per heavy atom. The first-order valence-corrected chi connectivity index (χ1v) is 11.6. The summed E-state index contributed by atoms with van der Waals surface area (Å²) in [6, 6.07) is 15.8. The fourth-order valence-corrected chi connectivity index (χ4v) is 4.14. The molecule has 7 nitrogen and oxygen atoms in total. The zero-order valence-corrected chi connectivity index (χ0v) is 19.8. The Morgan fingerprint density at radius 3 is 1.91 bits per heavy atom. The van der Waals surface area contributed by atoms with Gasteiger partial charge in [0.05, 0.1) is 0 Å². The van der Waals surface area contributed by atoms with E-state index >= 15 is 0 Å². The summed E-state index contributed by atoms with van der Waals surface area (Å²) in [5, 5.41) is 13.9. The van der Waals surface area contributed by atoms with Crippen LogP contribution in [0.15, 0.2) is 60.7 Å². The molecule has 33 heavy (non-hydrogen) atoms. The Balaban J connectivity index is 2.18. The zero-order chi connectivity index (χ0) is 24.4. The van der Waals surface area contributed by atoms with Gasteiger partial charge in [0.15, 0.2) is 5.12 Å². The first-order valence-electron chi connectivity index (χ1n) is 10.8. The lowest BCUT2D eigenvalue weighted by Gasteiger charge is -2.25. The molecule has 0 aliphatic carbocycles. The molecule has 0 fully saturated rings. The third-order valence-electron chi connectivity index (χ3n) is 4.86. The van der Waals surface area contributed by atoms with Gasteiger partial charge in [-0.05, 0) is 23.5 Å². The van der Waals surface area contributed by atoms with Gasteiger partial charge in [0.2, 0.25) is 11.8 Å². The van der Waals surface area contributed by atoms with Crippen LogP contribution in [0.1, 0.15) is 43.6 Å². The van der Waals surface area contributed by atoms with Crippen molar-refractivity contribution < 1.29 is 24.3 Å². The van der Waals surface area contributed by atoms with Crippen LogP contribution in [0.2, 0.25) is 0 Å². The molecule has 0 spiro atoms. The van der Waals surface area contributed by atoms with Gasteiger partial charge in [-0.1, -0.05) is 86.3 Å². The molecule has 2 aromatic carbocycles. The molecule has 0 heterocycles. The Bertz CT molecular complexity index is 950. The van der Waals surface area contributed by atoms with Crippen LogP contribution in [0.25, 0.3) is 0 Å². The van der Waals surface area contributed by atoms with Gasteiger partial charge in [-0.15, -0.1) is 0 Å². The molecule has 0 aliphatic heterocycles. The maximum atomic E-state index is 13.1. The van der Waals surface area contributed by atoms with Gasteiger partial charge < -0.3 is 15.7 Å². The maximum Gasteiger partial charge on any atom is 0.326 e. The van der Waals surface area contributed by atoms with E-state index in [2.05, 4.69) is 10.6 Å². The Morgan fingerprint density at radius 1 is 0.848 bits per heavy atom. The van der Waals surface area contributed by atoms with Crippen molar-refractivity contribution in [3.8, 4) is 0 Å². The molecular weight excluding hydrogens is 440 g/mol. The minimum absolute atomic E-state index is 0.0640. The molecule has 2 rings (SSSR count). The molecular formula is C25H30N2O5S. The van der Waals surface area contributed by atoms with Crippen LogP contribution in [0.5, 0.6) is 0 Å². The number of thioether (sulfide) groups is 1. The summed E-state index contributed by atoms with van der Waals surface area (Å²) in [5.41, 5.74) is 1.42. The summed E-state index contributed by atoms with van der Waals surface area (Å²) in [6.07, 6.45) is 0.443. The number of benzene rings is 2. The van der Waals surface area contributed by atoms with Gasteiger partial charge in [0.1, 0.15) is 17.3 Å². The van der Waals surface area contributed by atoms with E-state index in [-0.39, 0.29) is 17.5 Å². The van der Waals surface area contributed by atoms with Crippen molar-refractivity contribution in [1.29, 1.82) is 0 Å². The highest BCUT2D eigenvalue weighted by Gasteiger charge is 2.31. The standard InChI is InChI=1S/C25H30N2O5S/c1-16(2)14-20(23(29)27-21(25(31)32)15-18-10-6-4-7-11-18)26-24(30)22(33-17(3)28)19-12-8-5-9-13-19/h4-13,16,20-22H,14-15H2,1-3H3,(H,26,30)(H,27,29)(H,31,32)/t20-,21-,22?/m0/s1. The molecule has 0 aliphatic rings. The van der Waals surface area contributed by atoms with Crippen LogP contribution in [-0.4, -0.2) is 40.1 Å². The summed E-state index contributed by atoms with van der Waals surface area (Å²) in [5.74, 6) is -2.14. The fraction of sp³-hybridized carbons (Fsp3) is 0.360. The highest BCUT2D eigenvalue weighted by molar-refractivity contribution is 8.14. The number of nitrogens with one attached hydrogen (secondary N) is 2. The molecule has 2 aromatic rings. The van der Waals surface area contributed by atoms with E-state index in [4.69, 9.17) is 0 Å². The minimum atomic E-state index is -1.16. The number of carboxylic acids is 1. The van der Waals surface area contributed by atoms with Gasteiger partial charge in [-0.25, -0.2) is 4.79 Å². The average molecular weight is 471 g/mol. The lowest BCUT2D eigenvalue weighted by atomic mass is 10.0. The summed E-state index contributed by atoms with van der Waals surface area (Å²) < 4.78 is 0. The van der Waals surface area contributed by atoms with E-state index in [1.165, 1.54) is 6.92 Å². The molecule has 8 heteroatoms. The number of carbonyl (C=O) groups is 4. The summed E-state index contributed by atoms with van der Waals surface area (Å²) in [4.78, 5) is 49.7. The number of hydrogen-bond acceptors (Lipinski definition) is 5. The van der Waals surface area contributed by atoms with E-state index in [1.54, 1.807) is 48.5 Å².